The van der Waals surface area contributed by atoms with Crippen molar-refractivity contribution in [2.45, 2.75) is 30.2 Å². The maximum Gasteiger partial charge on any atom is 0.312 e. The number of hydrogen-bond acceptors (Lipinski definition) is 6. The van der Waals surface area contributed by atoms with Crippen LogP contribution in [-0.2, 0) is 10.0 Å². The van der Waals surface area contributed by atoms with Gasteiger partial charge >= 0.3 is 6.01 Å². The lowest BCUT2D eigenvalue weighted by molar-refractivity contribution is 0.220. The smallest absolute Gasteiger partial charge is 0.312 e. The Morgan fingerprint density at radius 1 is 1.23 bits per heavy atom. The van der Waals surface area contributed by atoms with Crippen molar-refractivity contribution in [1.29, 1.82) is 0 Å². The minimum absolute atomic E-state index is 0.0355. The van der Waals surface area contributed by atoms with Gasteiger partial charge in [-0.3, -0.25) is 0 Å². The molecule has 1 atom stereocenters. The van der Waals surface area contributed by atoms with Crippen LogP contribution in [0.5, 0.6) is 0 Å². The van der Waals surface area contributed by atoms with Gasteiger partial charge < -0.3 is 10.2 Å². The highest BCUT2D eigenvalue weighted by molar-refractivity contribution is 7.89. The molecular weight excluding hydrogens is 311 g/mol. The number of halogens is 1. The summed E-state index contributed by atoms with van der Waals surface area (Å²) in [5, 5.41) is 7.39. The fraction of sp³-hybridized carbons (Fsp3) is 0.385. The number of nitrogens with two attached hydrogens (primary N) is 1. The van der Waals surface area contributed by atoms with Crippen molar-refractivity contribution in [2.75, 3.05) is 12.3 Å². The van der Waals surface area contributed by atoms with Gasteiger partial charge in [0.05, 0.1) is 4.90 Å². The first-order valence-electron chi connectivity index (χ1n) is 6.85. The Balaban J connectivity index is 1.97. The molecule has 2 heterocycles. The zero-order valence-corrected chi connectivity index (χ0v) is 12.5. The molecule has 0 radical (unpaired) electrons. The predicted octanol–water partition coefficient (Wildman–Crippen LogP) is 1.71. The number of benzene rings is 1. The molecule has 2 N–H and O–H groups in total. The lowest BCUT2D eigenvalue weighted by Crippen LogP contribution is -2.38. The number of nitrogen functional groups attached to an aromatic ring is 1. The zero-order valence-electron chi connectivity index (χ0n) is 11.6. The molecule has 1 aromatic heterocycles. The van der Waals surface area contributed by atoms with Gasteiger partial charge in [-0.1, -0.05) is 11.5 Å². The quantitative estimate of drug-likeness (QED) is 0.921. The van der Waals surface area contributed by atoms with Gasteiger partial charge in [0.15, 0.2) is 0 Å². The zero-order chi connectivity index (χ0) is 15.7. The first kappa shape index (κ1) is 14.9. The lowest BCUT2D eigenvalue weighted by atomic mass is 10.1. The molecule has 0 amide bonds. The van der Waals surface area contributed by atoms with E-state index in [2.05, 4.69) is 10.2 Å². The van der Waals surface area contributed by atoms with Gasteiger partial charge in [-0.2, -0.15) is 4.31 Å². The molecule has 0 spiro atoms. The van der Waals surface area contributed by atoms with Gasteiger partial charge in [0.25, 0.3) is 0 Å². The van der Waals surface area contributed by atoms with Crippen molar-refractivity contribution >= 4 is 16.0 Å². The van der Waals surface area contributed by atoms with E-state index in [1.165, 1.54) is 16.4 Å². The summed E-state index contributed by atoms with van der Waals surface area (Å²) in [6, 6.07) is 4.10. The summed E-state index contributed by atoms with van der Waals surface area (Å²) in [6.07, 6.45) is 2.16. The van der Waals surface area contributed by atoms with Gasteiger partial charge in [0.2, 0.25) is 15.9 Å². The van der Waals surface area contributed by atoms with Crippen LogP contribution in [0.2, 0.25) is 0 Å². The Morgan fingerprint density at radius 3 is 2.59 bits per heavy atom. The van der Waals surface area contributed by atoms with Crippen LogP contribution >= 0.6 is 0 Å². The third-order valence-corrected chi connectivity index (χ3v) is 5.54. The first-order chi connectivity index (χ1) is 10.5. The van der Waals surface area contributed by atoms with E-state index >= 15 is 0 Å². The highest BCUT2D eigenvalue weighted by Crippen LogP contribution is 2.35. The summed E-state index contributed by atoms with van der Waals surface area (Å²) in [5.41, 5.74) is 5.42. The highest BCUT2D eigenvalue weighted by atomic mass is 32.2. The van der Waals surface area contributed by atoms with Crippen molar-refractivity contribution in [2.24, 2.45) is 0 Å². The maximum atomic E-state index is 13.0. The minimum Gasteiger partial charge on any atom is -0.406 e. The molecule has 1 saturated heterocycles. The van der Waals surface area contributed by atoms with E-state index < -0.39 is 21.9 Å². The van der Waals surface area contributed by atoms with Crippen LogP contribution in [0, 0.1) is 5.82 Å². The molecule has 22 heavy (non-hydrogen) atoms. The average Bonchev–Trinajstić information content (AvgIpc) is 2.94. The van der Waals surface area contributed by atoms with Crippen molar-refractivity contribution in [3.63, 3.8) is 0 Å². The largest absolute Gasteiger partial charge is 0.406 e. The van der Waals surface area contributed by atoms with Gasteiger partial charge in [-0.05, 0) is 37.1 Å². The second kappa shape index (κ2) is 5.65. The number of piperidine rings is 1. The fourth-order valence-corrected chi connectivity index (χ4v) is 4.21. The number of hydrogen-bond donors (Lipinski definition) is 1. The van der Waals surface area contributed by atoms with Crippen LogP contribution in [0.3, 0.4) is 0 Å². The van der Waals surface area contributed by atoms with E-state index in [-0.39, 0.29) is 16.8 Å². The molecule has 9 heteroatoms. The lowest BCUT2D eigenvalue weighted by Gasteiger charge is -2.32. The second-order valence-corrected chi connectivity index (χ2v) is 6.95. The number of anilines is 1. The standard InChI is InChI=1S/C13H15FN4O3S/c14-9-4-6-10(7-5-9)22(19,20)18-8-2-1-3-11(18)12-16-17-13(15)21-12/h4-7,11H,1-3,8H2,(H2,15,17)/t11-/m0/s1. The molecule has 3 rings (SSSR count). The van der Waals surface area contributed by atoms with E-state index in [1.807, 2.05) is 0 Å². The number of nitrogens with zero attached hydrogens (tertiary/aromatic N) is 3. The summed E-state index contributed by atoms with van der Waals surface area (Å²) in [5.74, 6) is -0.304. The van der Waals surface area contributed by atoms with Crippen molar-refractivity contribution < 1.29 is 17.2 Å². The summed E-state index contributed by atoms with van der Waals surface area (Å²) < 4.78 is 45.1. The van der Waals surface area contributed by atoms with Gasteiger partial charge in [-0.15, -0.1) is 5.10 Å². The van der Waals surface area contributed by atoms with Crippen LogP contribution in [0.4, 0.5) is 10.4 Å². The highest BCUT2D eigenvalue weighted by Gasteiger charge is 2.37. The molecule has 1 aliphatic rings. The Kier molecular flexibility index (Phi) is 3.83. The van der Waals surface area contributed by atoms with Gasteiger partial charge in [0, 0.05) is 6.54 Å². The van der Waals surface area contributed by atoms with Crippen molar-refractivity contribution in [1.82, 2.24) is 14.5 Å². The SMILES string of the molecule is Nc1nnc([C@@H]2CCCCN2S(=O)(=O)c2ccc(F)cc2)o1. The molecule has 0 saturated carbocycles. The van der Waals surface area contributed by atoms with E-state index in [4.69, 9.17) is 10.2 Å². The molecular formula is C13H15FN4O3S. The molecule has 0 aliphatic carbocycles. The van der Waals surface area contributed by atoms with Crippen LogP contribution in [0.15, 0.2) is 33.6 Å². The predicted molar refractivity (Wildman–Crippen MR) is 75.6 cm³/mol. The third-order valence-electron chi connectivity index (χ3n) is 3.62. The summed E-state index contributed by atoms with van der Waals surface area (Å²) in [6.45, 7) is 0.340. The van der Waals surface area contributed by atoms with Crippen molar-refractivity contribution in [3.05, 3.63) is 36.0 Å². The summed E-state index contributed by atoms with van der Waals surface area (Å²) >= 11 is 0. The molecule has 1 aromatic carbocycles. The summed E-state index contributed by atoms with van der Waals surface area (Å²) in [7, 11) is -3.77. The Hall–Kier alpha value is -2.00. The first-order valence-corrected chi connectivity index (χ1v) is 8.29. The Morgan fingerprint density at radius 2 is 1.95 bits per heavy atom. The van der Waals surface area contributed by atoms with Crippen molar-refractivity contribution in [3.8, 4) is 0 Å². The minimum atomic E-state index is -3.77. The van der Waals surface area contributed by atoms with E-state index in [0.29, 0.717) is 13.0 Å². The molecule has 2 aromatic rings. The molecule has 118 valence electrons. The molecule has 1 fully saturated rings. The fourth-order valence-electron chi connectivity index (χ4n) is 2.56. The second-order valence-electron chi connectivity index (χ2n) is 5.06. The normalized spacial score (nSPS) is 20.1. The van der Waals surface area contributed by atoms with E-state index in [1.54, 1.807) is 0 Å². The molecule has 0 bridgehead atoms. The third kappa shape index (κ3) is 2.69. The van der Waals surface area contributed by atoms with E-state index in [9.17, 15) is 12.8 Å². The topological polar surface area (TPSA) is 102 Å². The van der Waals surface area contributed by atoms with Crippen LogP contribution in [0.25, 0.3) is 0 Å². The number of sulfonamides is 1. The van der Waals surface area contributed by atoms with Crippen LogP contribution in [0.1, 0.15) is 31.2 Å². The van der Waals surface area contributed by atoms with Crippen LogP contribution in [-0.4, -0.2) is 29.5 Å². The average molecular weight is 326 g/mol. The number of rotatable bonds is 3. The molecule has 7 nitrogen and oxygen atoms in total. The number of aromatic nitrogens is 2. The molecule has 1 aliphatic heterocycles. The summed E-state index contributed by atoms with van der Waals surface area (Å²) in [4.78, 5) is 0.0355. The molecule has 0 unspecified atom stereocenters. The van der Waals surface area contributed by atoms with Gasteiger partial charge in [-0.25, -0.2) is 12.8 Å². The van der Waals surface area contributed by atoms with Gasteiger partial charge in [0.1, 0.15) is 11.9 Å². The monoisotopic (exact) mass is 326 g/mol. The van der Waals surface area contributed by atoms with Crippen LogP contribution < -0.4 is 5.73 Å². The Bertz CT molecular complexity index is 760. The Labute approximate surface area is 127 Å². The maximum absolute atomic E-state index is 13.0. The van der Waals surface area contributed by atoms with E-state index in [0.717, 1.165) is 25.0 Å².